The van der Waals surface area contributed by atoms with Gasteiger partial charge >= 0.3 is 12.1 Å². The molecule has 1 aliphatic rings. The molecule has 1 amide bonds. The molecular formula is C17H29NO4. The molecule has 1 saturated carbocycles. The molecule has 1 rings (SSSR count). The largest absolute Gasteiger partial charge is 0.480 e. The summed E-state index contributed by atoms with van der Waals surface area (Å²) in [4.78, 5) is 23.3. The number of amides is 1. The van der Waals surface area contributed by atoms with Crippen LogP contribution in [0.15, 0.2) is 12.7 Å². The molecule has 22 heavy (non-hydrogen) atoms. The van der Waals surface area contributed by atoms with Crippen LogP contribution in [0, 0.1) is 11.3 Å². The van der Waals surface area contributed by atoms with E-state index in [2.05, 4.69) is 11.9 Å². The average Bonchev–Trinajstić information content (AvgIpc) is 2.49. The Bertz CT molecular complexity index is 386. The summed E-state index contributed by atoms with van der Waals surface area (Å²) in [5, 5.41) is 11.9. The monoisotopic (exact) mass is 311 g/mol. The molecule has 0 radical (unpaired) electrons. The SMILES string of the molecule is C=CCCC(C)(C)COC(=O)N[C@H](C(=O)O)C1CCCCC1. The Labute approximate surface area is 133 Å². The van der Waals surface area contributed by atoms with E-state index in [1.807, 2.05) is 19.9 Å². The highest BCUT2D eigenvalue weighted by atomic mass is 16.5. The number of allylic oxidation sites excluding steroid dienone is 1. The van der Waals surface area contributed by atoms with E-state index in [9.17, 15) is 14.7 Å². The van der Waals surface area contributed by atoms with Crippen molar-refractivity contribution in [2.45, 2.75) is 64.8 Å². The molecule has 0 spiro atoms. The number of ether oxygens (including phenoxy) is 1. The number of alkyl carbamates (subject to hydrolysis) is 1. The zero-order valence-corrected chi connectivity index (χ0v) is 13.8. The number of rotatable bonds is 8. The second-order valence-electron chi connectivity index (χ2n) is 6.93. The lowest BCUT2D eigenvalue weighted by Gasteiger charge is -2.28. The van der Waals surface area contributed by atoms with Gasteiger partial charge in [0, 0.05) is 0 Å². The fraction of sp³-hybridized carbons (Fsp3) is 0.765. The van der Waals surface area contributed by atoms with Gasteiger partial charge in [-0.15, -0.1) is 6.58 Å². The molecule has 5 heteroatoms. The van der Waals surface area contributed by atoms with Crippen LogP contribution in [0.25, 0.3) is 0 Å². The highest BCUT2D eigenvalue weighted by Gasteiger charge is 2.31. The van der Waals surface area contributed by atoms with Gasteiger partial charge in [0.05, 0.1) is 6.61 Å². The van der Waals surface area contributed by atoms with Crippen LogP contribution >= 0.6 is 0 Å². The number of carboxylic acids is 1. The minimum atomic E-state index is -0.977. The summed E-state index contributed by atoms with van der Waals surface area (Å²) in [6.45, 7) is 7.98. The van der Waals surface area contributed by atoms with Crippen LogP contribution in [0.1, 0.15) is 58.8 Å². The number of aliphatic carboxylic acids is 1. The summed E-state index contributed by atoms with van der Waals surface area (Å²) >= 11 is 0. The van der Waals surface area contributed by atoms with Crippen molar-refractivity contribution in [3.63, 3.8) is 0 Å². The van der Waals surface area contributed by atoms with E-state index in [1.54, 1.807) is 0 Å². The van der Waals surface area contributed by atoms with Crippen LogP contribution in [0.4, 0.5) is 4.79 Å². The van der Waals surface area contributed by atoms with Crippen molar-refractivity contribution in [2.75, 3.05) is 6.61 Å². The second kappa shape index (κ2) is 8.81. The first-order valence-electron chi connectivity index (χ1n) is 8.13. The summed E-state index contributed by atoms with van der Waals surface area (Å²) in [6, 6.07) is -0.843. The Balaban J connectivity index is 2.46. The fourth-order valence-electron chi connectivity index (χ4n) is 2.84. The maximum Gasteiger partial charge on any atom is 0.407 e. The second-order valence-corrected chi connectivity index (χ2v) is 6.93. The van der Waals surface area contributed by atoms with E-state index >= 15 is 0 Å². The maximum absolute atomic E-state index is 11.9. The van der Waals surface area contributed by atoms with Crippen LogP contribution in [0.5, 0.6) is 0 Å². The molecule has 0 saturated heterocycles. The molecular weight excluding hydrogens is 282 g/mol. The summed E-state index contributed by atoms with van der Waals surface area (Å²) in [5.41, 5.74) is -0.144. The molecule has 1 atom stereocenters. The van der Waals surface area contributed by atoms with Gasteiger partial charge in [-0.05, 0) is 37.0 Å². The molecule has 1 aliphatic carbocycles. The van der Waals surface area contributed by atoms with E-state index in [-0.39, 0.29) is 17.9 Å². The van der Waals surface area contributed by atoms with E-state index in [0.717, 1.165) is 44.9 Å². The van der Waals surface area contributed by atoms with Gasteiger partial charge in [-0.2, -0.15) is 0 Å². The zero-order chi connectivity index (χ0) is 16.6. The lowest BCUT2D eigenvalue weighted by atomic mass is 9.84. The molecule has 2 N–H and O–H groups in total. The van der Waals surface area contributed by atoms with Gasteiger partial charge in [0.25, 0.3) is 0 Å². The smallest absolute Gasteiger partial charge is 0.407 e. The van der Waals surface area contributed by atoms with Crippen LogP contribution in [-0.4, -0.2) is 29.8 Å². The van der Waals surface area contributed by atoms with Gasteiger partial charge in [-0.25, -0.2) is 9.59 Å². The third-order valence-electron chi connectivity index (χ3n) is 4.28. The van der Waals surface area contributed by atoms with Crippen LogP contribution in [-0.2, 0) is 9.53 Å². The van der Waals surface area contributed by atoms with E-state index in [4.69, 9.17) is 4.74 Å². The molecule has 0 aromatic heterocycles. The number of carboxylic acid groups (broad SMARTS) is 1. The number of carbonyl (C=O) groups is 2. The molecule has 0 unspecified atom stereocenters. The van der Waals surface area contributed by atoms with Crippen molar-refractivity contribution in [3.05, 3.63) is 12.7 Å². The van der Waals surface area contributed by atoms with Crippen molar-refractivity contribution in [2.24, 2.45) is 11.3 Å². The predicted molar refractivity (Wildman–Crippen MR) is 85.7 cm³/mol. The quantitative estimate of drug-likeness (QED) is 0.670. The van der Waals surface area contributed by atoms with E-state index < -0.39 is 18.1 Å². The van der Waals surface area contributed by atoms with E-state index in [0.29, 0.717) is 0 Å². The molecule has 0 bridgehead atoms. The Morgan fingerprint density at radius 3 is 2.55 bits per heavy atom. The third kappa shape index (κ3) is 6.50. The first-order valence-corrected chi connectivity index (χ1v) is 8.13. The van der Waals surface area contributed by atoms with Gasteiger partial charge in [-0.3, -0.25) is 0 Å². The molecule has 5 nitrogen and oxygen atoms in total. The van der Waals surface area contributed by atoms with Gasteiger partial charge in [0.1, 0.15) is 6.04 Å². The predicted octanol–water partition coefficient (Wildman–Crippen LogP) is 3.74. The molecule has 0 aromatic rings. The lowest BCUT2D eigenvalue weighted by molar-refractivity contribution is -0.141. The summed E-state index contributed by atoms with van der Waals surface area (Å²) in [5.74, 6) is -0.970. The summed E-state index contributed by atoms with van der Waals surface area (Å²) in [7, 11) is 0. The Morgan fingerprint density at radius 2 is 2.00 bits per heavy atom. The minimum absolute atomic E-state index is 0.00701. The molecule has 126 valence electrons. The summed E-state index contributed by atoms with van der Waals surface area (Å²) < 4.78 is 5.23. The van der Waals surface area contributed by atoms with Crippen molar-refractivity contribution in [3.8, 4) is 0 Å². The third-order valence-corrected chi connectivity index (χ3v) is 4.28. The van der Waals surface area contributed by atoms with E-state index in [1.165, 1.54) is 0 Å². The van der Waals surface area contributed by atoms with Crippen molar-refractivity contribution in [1.29, 1.82) is 0 Å². The lowest BCUT2D eigenvalue weighted by Crippen LogP contribution is -2.47. The van der Waals surface area contributed by atoms with Crippen LogP contribution < -0.4 is 5.32 Å². The highest BCUT2D eigenvalue weighted by Crippen LogP contribution is 2.27. The topological polar surface area (TPSA) is 75.6 Å². The van der Waals surface area contributed by atoms with Gasteiger partial charge in [0.15, 0.2) is 0 Å². The van der Waals surface area contributed by atoms with Crippen molar-refractivity contribution < 1.29 is 19.4 Å². The van der Waals surface area contributed by atoms with Crippen molar-refractivity contribution >= 4 is 12.1 Å². The number of carbonyl (C=O) groups excluding carboxylic acids is 1. The molecule has 0 aliphatic heterocycles. The first kappa shape index (κ1) is 18.5. The summed E-state index contributed by atoms with van der Waals surface area (Å²) in [6.07, 6.45) is 7.83. The number of hydrogen-bond donors (Lipinski definition) is 2. The highest BCUT2D eigenvalue weighted by molar-refractivity contribution is 5.80. The molecule has 0 aromatic carbocycles. The normalized spacial score (nSPS) is 17.5. The fourth-order valence-corrected chi connectivity index (χ4v) is 2.84. The first-order chi connectivity index (χ1) is 10.4. The number of nitrogens with one attached hydrogen (secondary N) is 1. The Kier molecular flexibility index (Phi) is 7.42. The Morgan fingerprint density at radius 1 is 1.36 bits per heavy atom. The van der Waals surface area contributed by atoms with Gasteiger partial charge in [0.2, 0.25) is 0 Å². The maximum atomic E-state index is 11.9. The number of hydrogen-bond acceptors (Lipinski definition) is 3. The standard InChI is InChI=1S/C17H29NO4/c1-4-5-11-17(2,3)12-22-16(21)18-14(15(19)20)13-9-7-6-8-10-13/h4,13-14H,1,5-12H2,2-3H3,(H,18,21)(H,19,20)/t14-/m0/s1. The molecule has 1 fully saturated rings. The van der Waals surface area contributed by atoms with Gasteiger partial charge in [-0.1, -0.05) is 39.2 Å². The van der Waals surface area contributed by atoms with Crippen molar-refractivity contribution in [1.82, 2.24) is 5.32 Å². The zero-order valence-electron chi connectivity index (χ0n) is 13.8. The Hall–Kier alpha value is -1.52. The van der Waals surface area contributed by atoms with Crippen LogP contribution in [0.3, 0.4) is 0 Å². The minimum Gasteiger partial charge on any atom is -0.480 e. The average molecular weight is 311 g/mol. The molecule has 0 heterocycles. The van der Waals surface area contributed by atoms with Gasteiger partial charge < -0.3 is 15.2 Å². The van der Waals surface area contributed by atoms with Crippen LogP contribution in [0.2, 0.25) is 0 Å².